The second-order valence-electron chi connectivity index (χ2n) is 5.19. The molecule has 118 valence electrons. The Kier molecular flexibility index (Phi) is 7.46. The van der Waals surface area contributed by atoms with Gasteiger partial charge in [0.25, 0.3) is 0 Å². The number of ether oxygens (including phenoxy) is 1. The molecule has 0 spiro atoms. The van der Waals surface area contributed by atoms with Crippen LogP contribution in [0.15, 0.2) is 24.3 Å². The van der Waals surface area contributed by atoms with E-state index in [1.165, 1.54) is 0 Å². The Bertz CT molecular complexity index is 471. The van der Waals surface area contributed by atoms with Gasteiger partial charge >= 0.3 is 0 Å². The summed E-state index contributed by atoms with van der Waals surface area (Å²) in [5, 5.41) is 0.757. The SMILES string of the molecule is COCC(N)C(=O)N1CCCC1Cc1ccccc1Cl.Cl. The number of rotatable bonds is 5. The van der Waals surface area contributed by atoms with Gasteiger partial charge in [-0.3, -0.25) is 4.79 Å². The van der Waals surface area contributed by atoms with Crippen molar-refractivity contribution in [3.63, 3.8) is 0 Å². The number of carbonyl (C=O) groups excluding carboxylic acids is 1. The van der Waals surface area contributed by atoms with Crippen molar-refractivity contribution in [3.05, 3.63) is 34.9 Å². The number of methoxy groups -OCH3 is 1. The van der Waals surface area contributed by atoms with Gasteiger partial charge in [-0.2, -0.15) is 0 Å². The van der Waals surface area contributed by atoms with Crippen LogP contribution in [0.1, 0.15) is 18.4 Å². The van der Waals surface area contributed by atoms with Gasteiger partial charge in [-0.15, -0.1) is 12.4 Å². The van der Waals surface area contributed by atoms with Gasteiger partial charge in [0.1, 0.15) is 6.04 Å². The first-order valence-corrected chi connectivity index (χ1v) is 7.29. The maximum atomic E-state index is 12.3. The Hall–Kier alpha value is -0.810. The number of amides is 1. The summed E-state index contributed by atoms with van der Waals surface area (Å²) in [5.41, 5.74) is 6.93. The minimum absolute atomic E-state index is 0. The molecule has 21 heavy (non-hydrogen) atoms. The Morgan fingerprint density at radius 1 is 1.52 bits per heavy atom. The summed E-state index contributed by atoms with van der Waals surface area (Å²) in [6.07, 6.45) is 2.79. The van der Waals surface area contributed by atoms with E-state index in [1.54, 1.807) is 7.11 Å². The zero-order valence-corrected chi connectivity index (χ0v) is 13.7. The molecule has 1 aliphatic heterocycles. The molecule has 1 aromatic rings. The molecule has 2 rings (SSSR count). The smallest absolute Gasteiger partial charge is 0.242 e. The number of nitrogens with zero attached hydrogens (tertiary/aromatic N) is 1. The lowest BCUT2D eigenvalue weighted by atomic mass is 10.0. The molecule has 2 N–H and O–H groups in total. The number of carbonyl (C=O) groups is 1. The first-order chi connectivity index (χ1) is 9.63. The highest BCUT2D eigenvalue weighted by Crippen LogP contribution is 2.25. The minimum atomic E-state index is -0.577. The Balaban J connectivity index is 0.00000220. The normalized spacial score (nSPS) is 19.2. The molecule has 0 saturated carbocycles. The maximum absolute atomic E-state index is 12.3. The van der Waals surface area contributed by atoms with E-state index in [2.05, 4.69) is 0 Å². The molecular formula is C15H22Cl2N2O2. The predicted molar refractivity (Wildman–Crippen MR) is 87.0 cm³/mol. The molecule has 1 aromatic carbocycles. The van der Waals surface area contributed by atoms with Crippen molar-refractivity contribution in [3.8, 4) is 0 Å². The van der Waals surface area contributed by atoms with Crippen LogP contribution in [0.25, 0.3) is 0 Å². The topological polar surface area (TPSA) is 55.6 Å². The molecule has 1 amide bonds. The van der Waals surface area contributed by atoms with E-state index in [4.69, 9.17) is 22.1 Å². The Morgan fingerprint density at radius 3 is 2.90 bits per heavy atom. The summed E-state index contributed by atoms with van der Waals surface area (Å²) in [5.74, 6) is -0.0265. The van der Waals surface area contributed by atoms with Gasteiger partial charge in [0.2, 0.25) is 5.91 Å². The molecule has 1 heterocycles. The van der Waals surface area contributed by atoms with Crippen molar-refractivity contribution < 1.29 is 9.53 Å². The third-order valence-electron chi connectivity index (χ3n) is 3.74. The fourth-order valence-corrected chi connectivity index (χ4v) is 2.93. The van der Waals surface area contributed by atoms with E-state index in [9.17, 15) is 4.79 Å². The van der Waals surface area contributed by atoms with Gasteiger partial charge in [0.15, 0.2) is 0 Å². The second-order valence-corrected chi connectivity index (χ2v) is 5.59. The first-order valence-electron chi connectivity index (χ1n) is 6.92. The maximum Gasteiger partial charge on any atom is 0.242 e. The van der Waals surface area contributed by atoms with Crippen molar-refractivity contribution in [1.29, 1.82) is 0 Å². The molecule has 4 nitrogen and oxygen atoms in total. The van der Waals surface area contributed by atoms with Crippen LogP contribution in [0, 0.1) is 0 Å². The van der Waals surface area contributed by atoms with E-state index in [1.807, 2.05) is 29.2 Å². The zero-order chi connectivity index (χ0) is 14.5. The van der Waals surface area contributed by atoms with E-state index < -0.39 is 6.04 Å². The number of hydrogen-bond donors (Lipinski definition) is 1. The quantitative estimate of drug-likeness (QED) is 0.899. The number of halogens is 2. The van der Waals surface area contributed by atoms with Gasteiger partial charge < -0.3 is 15.4 Å². The first kappa shape index (κ1) is 18.2. The molecule has 6 heteroatoms. The van der Waals surface area contributed by atoms with E-state index in [0.29, 0.717) is 0 Å². The molecule has 0 aromatic heterocycles. The van der Waals surface area contributed by atoms with Crippen LogP contribution in [0.4, 0.5) is 0 Å². The summed E-state index contributed by atoms with van der Waals surface area (Å²) in [4.78, 5) is 14.2. The lowest BCUT2D eigenvalue weighted by Gasteiger charge is -2.27. The average molecular weight is 333 g/mol. The largest absolute Gasteiger partial charge is 0.383 e. The Labute approximate surface area is 137 Å². The van der Waals surface area contributed by atoms with Crippen LogP contribution in [0.3, 0.4) is 0 Å². The van der Waals surface area contributed by atoms with E-state index in [0.717, 1.165) is 36.4 Å². The van der Waals surface area contributed by atoms with Crippen LogP contribution >= 0.6 is 24.0 Å². The van der Waals surface area contributed by atoms with Gasteiger partial charge in [-0.05, 0) is 30.9 Å². The zero-order valence-electron chi connectivity index (χ0n) is 12.1. The van der Waals surface area contributed by atoms with Crippen molar-refractivity contribution in [2.45, 2.75) is 31.3 Å². The van der Waals surface area contributed by atoms with Crippen molar-refractivity contribution in [2.75, 3.05) is 20.3 Å². The highest BCUT2D eigenvalue weighted by molar-refractivity contribution is 6.31. The summed E-state index contributed by atoms with van der Waals surface area (Å²) in [7, 11) is 1.55. The molecule has 0 aliphatic carbocycles. The summed E-state index contributed by atoms with van der Waals surface area (Å²) in [6.45, 7) is 1.03. The molecule has 1 aliphatic rings. The number of nitrogens with two attached hydrogens (primary N) is 1. The molecule has 1 fully saturated rings. The molecule has 2 atom stereocenters. The van der Waals surface area contributed by atoms with Gasteiger partial charge in [-0.25, -0.2) is 0 Å². The molecule has 2 unspecified atom stereocenters. The van der Waals surface area contributed by atoms with Crippen molar-refractivity contribution >= 4 is 29.9 Å². The van der Waals surface area contributed by atoms with Gasteiger partial charge in [-0.1, -0.05) is 29.8 Å². The monoisotopic (exact) mass is 332 g/mol. The lowest BCUT2D eigenvalue weighted by molar-refractivity contribution is -0.134. The van der Waals surface area contributed by atoms with Crippen LogP contribution < -0.4 is 5.73 Å². The molecule has 0 bridgehead atoms. The number of hydrogen-bond acceptors (Lipinski definition) is 3. The molecular weight excluding hydrogens is 311 g/mol. The van der Waals surface area contributed by atoms with E-state index >= 15 is 0 Å². The number of likely N-dealkylation sites (tertiary alicyclic amines) is 1. The number of benzene rings is 1. The fourth-order valence-electron chi connectivity index (χ4n) is 2.72. The highest BCUT2D eigenvalue weighted by Gasteiger charge is 2.31. The summed E-state index contributed by atoms with van der Waals surface area (Å²) in [6, 6.07) is 7.39. The van der Waals surface area contributed by atoms with Crippen LogP contribution in [0.5, 0.6) is 0 Å². The molecule has 0 radical (unpaired) electrons. The van der Waals surface area contributed by atoms with Crippen LogP contribution in [-0.2, 0) is 16.0 Å². The van der Waals surface area contributed by atoms with Crippen LogP contribution in [-0.4, -0.2) is 43.2 Å². The fraction of sp³-hybridized carbons (Fsp3) is 0.533. The van der Waals surface area contributed by atoms with Gasteiger partial charge in [0.05, 0.1) is 6.61 Å². The Morgan fingerprint density at radius 2 is 2.24 bits per heavy atom. The van der Waals surface area contributed by atoms with E-state index in [-0.39, 0.29) is 31.0 Å². The van der Waals surface area contributed by atoms with Crippen LogP contribution in [0.2, 0.25) is 5.02 Å². The summed E-state index contributed by atoms with van der Waals surface area (Å²) < 4.78 is 4.96. The standard InChI is InChI=1S/C15H21ClN2O2.ClH/c1-20-10-14(17)15(19)18-8-4-6-12(18)9-11-5-2-3-7-13(11)16;/h2-3,5,7,12,14H,4,6,8-10,17H2,1H3;1H. The third-order valence-corrected chi connectivity index (χ3v) is 4.11. The average Bonchev–Trinajstić information content (AvgIpc) is 2.89. The predicted octanol–water partition coefficient (Wildman–Crippen LogP) is 2.27. The highest BCUT2D eigenvalue weighted by atomic mass is 35.5. The second kappa shape index (κ2) is 8.59. The minimum Gasteiger partial charge on any atom is -0.383 e. The van der Waals surface area contributed by atoms with Gasteiger partial charge in [0, 0.05) is 24.7 Å². The van der Waals surface area contributed by atoms with Crippen molar-refractivity contribution in [1.82, 2.24) is 4.90 Å². The lowest BCUT2D eigenvalue weighted by Crippen LogP contribution is -2.48. The third kappa shape index (κ3) is 4.58. The molecule has 1 saturated heterocycles. The summed E-state index contributed by atoms with van der Waals surface area (Å²) >= 11 is 6.19. The van der Waals surface area contributed by atoms with Crippen molar-refractivity contribution in [2.24, 2.45) is 5.73 Å².